The van der Waals surface area contributed by atoms with Crippen LogP contribution in [0.15, 0.2) is 64.9 Å². The summed E-state index contributed by atoms with van der Waals surface area (Å²) in [6.45, 7) is 11.8. The number of sulfonamides is 1. The molecule has 2 saturated heterocycles. The Bertz CT molecular complexity index is 2320. The Morgan fingerprint density at radius 2 is 1.80 bits per heavy atom. The minimum atomic E-state index is -4.55. The lowest BCUT2D eigenvalue weighted by molar-refractivity contribution is -0.0400. The first-order chi connectivity index (χ1) is 28.0. The van der Waals surface area contributed by atoms with Crippen molar-refractivity contribution in [2.75, 3.05) is 36.4 Å². The van der Waals surface area contributed by atoms with Crippen molar-refractivity contribution in [3.05, 3.63) is 71.1 Å². The highest BCUT2D eigenvalue weighted by atomic mass is 32.2. The lowest BCUT2D eigenvalue weighted by Gasteiger charge is -2.57. The quantitative estimate of drug-likeness (QED) is 0.107. The predicted octanol–water partition coefficient (Wildman–Crippen LogP) is 8.62. The molecule has 4 aliphatic rings. The van der Waals surface area contributed by atoms with Crippen LogP contribution in [-0.2, 0) is 10.0 Å². The van der Waals surface area contributed by atoms with E-state index in [0.29, 0.717) is 55.9 Å². The Labute approximate surface area is 345 Å². The number of H-pyrrole nitrogens is 1. The van der Waals surface area contributed by atoms with Crippen molar-refractivity contribution in [2.24, 2.45) is 21.9 Å². The van der Waals surface area contributed by atoms with Gasteiger partial charge < -0.3 is 25.0 Å². The van der Waals surface area contributed by atoms with Gasteiger partial charge in [-0.15, -0.1) is 4.91 Å². The minimum Gasteiger partial charge on any atom is -0.455 e. The molecule has 4 aromatic rings. The number of aromatic nitrogens is 2. The Balaban J connectivity index is 0.989. The first kappa shape index (κ1) is 41.1. The number of hydrogen-bond donors (Lipinski definition) is 4. The number of amides is 1. The minimum absolute atomic E-state index is 0.0314. The van der Waals surface area contributed by atoms with Crippen LogP contribution in [0.5, 0.6) is 11.5 Å². The molecular formula is C44H56FN7O6S. The van der Waals surface area contributed by atoms with E-state index in [-0.39, 0.29) is 50.1 Å². The summed E-state index contributed by atoms with van der Waals surface area (Å²) in [5, 5.41) is 17.3. The molecule has 4 fully saturated rings. The van der Waals surface area contributed by atoms with Crippen LogP contribution in [-0.4, -0.2) is 78.2 Å². The Morgan fingerprint density at radius 1 is 1.05 bits per heavy atom. The van der Waals surface area contributed by atoms with Crippen molar-refractivity contribution in [3.63, 3.8) is 0 Å². The third-order valence-electron chi connectivity index (χ3n) is 13.5. The first-order valence-electron chi connectivity index (χ1n) is 21.0. The highest BCUT2D eigenvalue weighted by Crippen LogP contribution is 2.54. The lowest BCUT2D eigenvalue weighted by atomic mass is 9.59. The van der Waals surface area contributed by atoms with Gasteiger partial charge in [0.05, 0.1) is 33.6 Å². The van der Waals surface area contributed by atoms with E-state index in [0.717, 1.165) is 62.6 Å². The zero-order valence-corrected chi connectivity index (χ0v) is 35.2. The number of likely N-dealkylation sites (tertiary alicyclic amines) is 1. The maximum atomic E-state index is 16.2. The molecule has 2 saturated carbocycles. The summed E-state index contributed by atoms with van der Waals surface area (Å²) in [5.41, 5.74) is 0.605. The van der Waals surface area contributed by atoms with E-state index in [1.165, 1.54) is 37.2 Å². The van der Waals surface area contributed by atoms with Crippen molar-refractivity contribution >= 4 is 44.0 Å². The van der Waals surface area contributed by atoms with Gasteiger partial charge in [-0.05, 0) is 136 Å². The summed E-state index contributed by atoms with van der Waals surface area (Å²) in [6, 6.07) is 11.0. The third kappa shape index (κ3) is 8.69. The number of carbonyl (C=O) groups excluding carboxylic acids is 1. The molecule has 2 aliphatic heterocycles. The molecule has 13 nitrogen and oxygen atoms in total. The average molecular weight is 830 g/mol. The number of nitroso groups, excluding NO2 is 1. The summed E-state index contributed by atoms with van der Waals surface area (Å²) in [5.74, 6) is -1.26. The number of hydrogen-bond acceptors (Lipinski definition) is 11. The van der Waals surface area contributed by atoms with Gasteiger partial charge in [0.1, 0.15) is 28.7 Å². The van der Waals surface area contributed by atoms with Gasteiger partial charge in [-0.1, -0.05) is 20.8 Å². The van der Waals surface area contributed by atoms with Crippen LogP contribution in [0.4, 0.5) is 21.5 Å². The van der Waals surface area contributed by atoms with Crippen molar-refractivity contribution in [3.8, 4) is 11.5 Å². The maximum Gasteiger partial charge on any atom is 0.268 e. The molecule has 4 N–H and O–H groups in total. The van der Waals surface area contributed by atoms with E-state index >= 15 is 4.39 Å². The Kier molecular flexibility index (Phi) is 11.0. The molecule has 8 rings (SSSR count). The van der Waals surface area contributed by atoms with Gasteiger partial charge in [0, 0.05) is 49.4 Å². The number of aromatic amines is 1. The highest BCUT2D eigenvalue weighted by molar-refractivity contribution is 7.90. The van der Waals surface area contributed by atoms with Gasteiger partial charge in [0.15, 0.2) is 0 Å². The van der Waals surface area contributed by atoms with Crippen LogP contribution in [0.1, 0.15) is 102 Å². The summed E-state index contributed by atoms with van der Waals surface area (Å²) < 4.78 is 51.8. The van der Waals surface area contributed by atoms with E-state index in [1.54, 1.807) is 12.3 Å². The second kappa shape index (κ2) is 15.8. The van der Waals surface area contributed by atoms with Crippen LogP contribution in [0.2, 0.25) is 0 Å². The molecule has 1 spiro atoms. The van der Waals surface area contributed by atoms with Crippen LogP contribution >= 0.6 is 0 Å². The second-order valence-corrected chi connectivity index (χ2v) is 20.5. The van der Waals surface area contributed by atoms with Crippen LogP contribution in [0.25, 0.3) is 11.0 Å². The highest BCUT2D eigenvalue weighted by Gasteiger charge is 2.51. The molecule has 1 amide bonds. The molecule has 0 radical (unpaired) electrons. The van der Waals surface area contributed by atoms with Gasteiger partial charge in [-0.3, -0.25) is 9.69 Å². The number of ether oxygens (including phenoxy) is 1. The van der Waals surface area contributed by atoms with Crippen molar-refractivity contribution in [1.82, 2.24) is 19.6 Å². The summed E-state index contributed by atoms with van der Waals surface area (Å²) in [7, 11) is -4.55. The van der Waals surface area contributed by atoms with E-state index in [2.05, 4.69) is 50.9 Å². The lowest BCUT2D eigenvalue weighted by Crippen LogP contribution is -2.57. The molecule has 4 heterocycles. The predicted molar refractivity (Wildman–Crippen MR) is 226 cm³/mol. The molecule has 1 unspecified atom stereocenters. The van der Waals surface area contributed by atoms with Crippen LogP contribution in [0.3, 0.4) is 0 Å². The topological polar surface area (TPSA) is 169 Å². The largest absolute Gasteiger partial charge is 0.455 e. The molecular weight excluding hydrogens is 774 g/mol. The fourth-order valence-electron chi connectivity index (χ4n) is 10.0. The summed E-state index contributed by atoms with van der Waals surface area (Å²) in [4.78, 5) is 37.5. The fraction of sp³-hybridized carbons (Fsp3) is 0.545. The van der Waals surface area contributed by atoms with E-state index < -0.39 is 27.3 Å². The number of aliphatic hydroxyl groups is 1. The molecule has 2 aromatic carbocycles. The average Bonchev–Trinajstić information content (AvgIpc) is 3.87. The van der Waals surface area contributed by atoms with E-state index in [1.807, 2.05) is 17.9 Å². The molecule has 2 aliphatic carbocycles. The van der Waals surface area contributed by atoms with Crippen molar-refractivity contribution < 1.29 is 27.4 Å². The molecule has 1 atom stereocenters. The van der Waals surface area contributed by atoms with Crippen LogP contribution in [0, 0.1) is 27.5 Å². The number of carbonyl (C=O) groups is 1. The number of nitrogens with one attached hydrogen (secondary N) is 3. The number of anilines is 2. The summed E-state index contributed by atoms with van der Waals surface area (Å²) >= 11 is 0. The number of fused-ring (bicyclic) bond motifs is 1. The number of pyridine rings is 1. The second-order valence-electron chi connectivity index (χ2n) is 18.8. The van der Waals surface area contributed by atoms with E-state index in [4.69, 9.17) is 4.74 Å². The van der Waals surface area contributed by atoms with Crippen molar-refractivity contribution in [2.45, 2.75) is 114 Å². The van der Waals surface area contributed by atoms with Gasteiger partial charge >= 0.3 is 0 Å². The standard InChI is InChI=1S/C44H56FN7O6S/c1-42(2,3)39-6-5-17-52(39)30-24-44(25-30)14-18-51(19-15-44)37-23-38(58-31-20-29-11-16-46-40(29)48-27-31)33(22-34(37)45)41(53)50-59(56,57)32-7-8-35(36(21-32)49-55)47-26-28-9-12-43(4,54)13-10-28/h7-8,11,16,20-23,27-28,30,39,47,54H,5-6,9-10,12-15,17-19,24-26H2,1-4H3,(H,46,48)(H,50,53)/t28-,39?,43-. The number of benzene rings is 2. The number of rotatable bonds is 11. The maximum absolute atomic E-state index is 16.2. The monoisotopic (exact) mass is 829 g/mol. The molecule has 0 bridgehead atoms. The van der Waals surface area contributed by atoms with Crippen molar-refractivity contribution in [1.29, 1.82) is 0 Å². The number of nitrogens with zero attached hydrogens (tertiary/aromatic N) is 4. The zero-order chi connectivity index (χ0) is 41.7. The van der Waals surface area contributed by atoms with Gasteiger partial charge in [-0.2, -0.15) is 0 Å². The van der Waals surface area contributed by atoms with E-state index in [9.17, 15) is 23.2 Å². The SMILES string of the molecule is CC(C)(C)C1CCCN1C1CC2(CCN(c3cc(Oc4cnc5[nH]ccc5c4)c(C(=O)NS(=O)(=O)c4ccc(NC[C@H]5CC[C@](C)(O)CC5)c(N=O)c4)cc3F)CC2)C1. The number of halogens is 1. The third-order valence-corrected chi connectivity index (χ3v) is 14.9. The van der Waals surface area contributed by atoms with Gasteiger partial charge in [0.25, 0.3) is 15.9 Å². The Morgan fingerprint density at radius 3 is 2.51 bits per heavy atom. The fourth-order valence-corrected chi connectivity index (χ4v) is 11.0. The molecule has 15 heteroatoms. The molecule has 2 aromatic heterocycles. The Hall–Kier alpha value is -4.60. The van der Waals surface area contributed by atoms with Gasteiger partial charge in [-0.25, -0.2) is 22.5 Å². The summed E-state index contributed by atoms with van der Waals surface area (Å²) in [6.07, 6.45) is 12.8. The normalized spacial score (nSPS) is 23.9. The first-order valence-corrected chi connectivity index (χ1v) is 22.5. The smallest absolute Gasteiger partial charge is 0.268 e. The zero-order valence-electron chi connectivity index (χ0n) is 34.4. The molecule has 316 valence electrons. The van der Waals surface area contributed by atoms with Crippen LogP contribution < -0.4 is 19.7 Å². The number of piperidine rings is 1. The molecule has 59 heavy (non-hydrogen) atoms. The van der Waals surface area contributed by atoms with Gasteiger partial charge in [0.2, 0.25) is 0 Å².